The largest absolute Gasteiger partial charge is 0.508 e. The Balaban J connectivity index is 2.19. The van der Waals surface area contributed by atoms with Crippen molar-refractivity contribution in [3.05, 3.63) is 59.4 Å². The predicted octanol–water partition coefficient (Wildman–Crippen LogP) is 4.44. The highest BCUT2D eigenvalue weighted by molar-refractivity contribution is 5.54. The lowest BCUT2D eigenvalue weighted by molar-refractivity contribution is 0.468. The zero-order chi connectivity index (χ0) is 14.8. The molecule has 0 radical (unpaired) electrons. The molecule has 2 aromatic carbocycles. The third kappa shape index (κ3) is 3.50. The highest BCUT2D eigenvalue weighted by Gasteiger charge is 2.17. The molecule has 106 valence electrons. The third-order valence-corrected chi connectivity index (χ3v) is 3.16. The SMILES string of the molecule is CC(C)(C)c1ccccc1NCc1cc(O)cc(F)c1. The number of rotatable bonds is 3. The predicted molar refractivity (Wildman–Crippen MR) is 80.5 cm³/mol. The number of phenols is 1. The molecule has 0 heterocycles. The normalized spacial score (nSPS) is 11.4. The summed E-state index contributed by atoms with van der Waals surface area (Å²) in [6.45, 7) is 6.93. The summed E-state index contributed by atoms with van der Waals surface area (Å²) in [5.74, 6) is -0.475. The van der Waals surface area contributed by atoms with Crippen LogP contribution >= 0.6 is 0 Å². The van der Waals surface area contributed by atoms with E-state index in [1.807, 2.05) is 18.2 Å². The van der Waals surface area contributed by atoms with Gasteiger partial charge in [-0.2, -0.15) is 0 Å². The summed E-state index contributed by atoms with van der Waals surface area (Å²) in [5.41, 5.74) is 2.99. The molecule has 0 atom stereocenters. The van der Waals surface area contributed by atoms with Crippen LogP contribution in [-0.4, -0.2) is 5.11 Å². The average Bonchev–Trinajstić information content (AvgIpc) is 2.34. The van der Waals surface area contributed by atoms with E-state index in [1.165, 1.54) is 11.6 Å². The molecule has 2 nitrogen and oxygen atoms in total. The van der Waals surface area contributed by atoms with Gasteiger partial charge in [0.1, 0.15) is 11.6 Å². The van der Waals surface area contributed by atoms with Crippen molar-refractivity contribution in [1.29, 1.82) is 0 Å². The molecule has 2 N–H and O–H groups in total. The van der Waals surface area contributed by atoms with Gasteiger partial charge < -0.3 is 10.4 Å². The van der Waals surface area contributed by atoms with Gasteiger partial charge in [-0.3, -0.25) is 0 Å². The van der Waals surface area contributed by atoms with Crippen LogP contribution in [0.2, 0.25) is 0 Å². The Bertz CT molecular complexity index is 582. The second-order valence-corrected chi connectivity index (χ2v) is 5.97. The second-order valence-electron chi connectivity index (χ2n) is 5.97. The van der Waals surface area contributed by atoms with Crippen molar-refractivity contribution in [3.8, 4) is 5.75 Å². The highest BCUT2D eigenvalue weighted by Crippen LogP contribution is 2.29. The molecule has 2 aromatic rings. The van der Waals surface area contributed by atoms with Crippen LogP contribution in [0.15, 0.2) is 42.5 Å². The topological polar surface area (TPSA) is 32.3 Å². The van der Waals surface area contributed by atoms with Gasteiger partial charge in [0.2, 0.25) is 0 Å². The molecule has 0 aliphatic rings. The molecule has 0 aliphatic carbocycles. The molecule has 0 saturated carbocycles. The number of halogens is 1. The summed E-state index contributed by atoms with van der Waals surface area (Å²) in [4.78, 5) is 0. The van der Waals surface area contributed by atoms with Crippen molar-refractivity contribution >= 4 is 5.69 Å². The first-order valence-corrected chi connectivity index (χ1v) is 6.68. The molecule has 2 rings (SSSR count). The van der Waals surface area contributed by atoms with Gasteiger partial charge in [0.25, 0.3) is 0 Å². The molecular weight excluding hydrogens is 253 g/mol. The van der Waals surface area contributed by atoms with Crippen molar-refractivity contribution < 1.29 is 9.50 Å². The van der Waals surface area contributed by atoms with Gasteiger partial charge in [0.15, 0.2) is 0 Å². The number of para-hydroxylation sites is 1. The third-order valence-electron chi connectivity index (χ3n) is 3.16. The maximum atomic E-state index is 13.2. The quantitative estimate of drug-likeness (QED) is 0.866. The van der Waals surface area contributed by atoms with Crippen LogP contribution in [0, 0.1) is 5.82 Å². The Morgan fingerprint density at radius 3 is 2.45 bits per heavy atom. The van der Waals surface area contributed by atoms with Crippen LogP contribution in [0.4, 0.5) is 10.1 Å². The van der Waals surface area contributed by atoms with Crippen LogP contribution in [0.1, 0.15) is 31.9 Å². The standard InChI is InChI=1S/C17H20FNO/c1-17(2,3)15-6-4-5-7-16(15)19-11-12-8-13(18)10-14(20)9-12/h4-10,19-20H,11H2,1-3H3. The van der Waals surface area contributed by atoms with Crippen molar-refractivity contribution in [2.45, 2.75) is 32.7 Å². The van der Waals surface area contributed by atoms with E-state index in [-0.39, 0.29) is 11.2 Å². The van der Waals surface area contributed by atoms with Gasteiger partial charge in [0, 0.05) is 18.3 Å². The van der Waals surface area contributed by atoms with Crippen LogP contribution in [0.5, 0.6) is 5.75 Å². The lowest BCUT2D eigenvalue weighted by Gasteiger charge is -2.23. The first-order valence-electron chi connectivity index (χ1n) is 6.68. The van der Waals surface area contributed by atoms with Crippen LogP contribution in [0.3, 0.4) is 0 Å². The molecule has 0 saturated heterocycles. The first-order chi connectivity index (χ1) is 9.36. The Morgan fingerprint density at radius 1 is 1.10 bits per heavy atom. The highest BCUT2D eigenvalue weighted by atomic mass is 19.1. The van der Waals surface area contributed by atoms with Gasteiger partial charge in [-0.1, -0.05) is 39.0 Å². The number of benzene rings is 2. The monoisotopic (exact) mass is 273 g/mol. The molecule has 0 spiro atoms. The maximum absolute atomic E-state index is 13.2. The Hall–Kier alpha value is -2.03. The minimum Gasteiger partial charge on any atom is -0.508 e. The minimum absolute atomic E-state index is 0.0354. The number of hydrogen-bond donors (Lipinski definition) is 2. The van der Waals surface area contributed by atoms with Gasteiger partial charge in [-0.05, 0) is 34.7 Å². The van der Waals surface area contributed by atoms with E-state index in [4.69, 9.17) is 0 Å². The molecule has 0 unspecified atom stereocenters. The van der Waals surface area contributed by atoms with E-state index in [0.29, 0.717) is 12.1 Å². The lowest BCUT2D eigenvalue weighted by Crippen LogP contribution is -2.14. The molecular formula is C17H20FNO. The summed E-state index contributed by atoms with van der Waals surface area (Å²) in [6.07, 6.45) is 0. The Kier molecular flexibility index (Phi) is 3.98. The summed E-state index contributed by atoms with van der Waals surface area (Å²) >= 11 is 0. The Morgan fingerprint density at radius 2 is 1.80 bits per heavy atom. The van der Waals surface area contributed by atoms with E-state index >= 15 is 0 Å². The number of phenolic OH excluding ortho intramolecular Hbond substituents is 1. The zero-order valence-corrected chi connectivity index (χ0v) is 12.1. The number of anilines is 1. The van der Waals surface area contributed by atoms with Crippen molar-refractivity contribution in [2.75, 3.05) is 5.32 Å². The fraction of sp³-hybridized carbons (Fsp3) is 0.294. The number of nitrogens with one attached hydrogen (secondary N) is 1. The first kappa shape index (κ1) is 14.4. The van der Waals surface area contributed by atoms with E-state index in [2.05, 4.69) is 32.2 Å². The minimum atomic E-state index is -0.425. The van der Waals surface area contributed by atoms with E-state index < -0.39 is 5.82 Å². The van der Waals surface area contributed by atoms with Crippen LogP contribution < -0.4 is 5.32 Å². The summed E-state index contributed by atoms with van der Waals surface area (Å²) in [6, 6.07) is 12.2. The smallest absolute Gasteiger partial charge is 0.127 e. The fourth-order valence-electron chi connectivity index (χ4n) is 2.22. The molecule has 0 fully saturated rings. The maximum Gasteiger partial charge on any atom is 0.127 e. The van der Waals surface area contributed by atoms with E-state index in [9.17, 15) is 9.50 Å². The number of aromatic hydroxyl groups is 1. The van der Waals surface area contributed by atoms with E-state index in [1.54, 1.807) is 6.07 Å². The molecule has 0 aromatic heterocycles. The zero-order valence-electron chi connectivity index (χ0n) is 12.1. The van der Waals surface area contributed by atoms with Gasteiger partial charge >= 0.3 is 0 Å². The summed E-state index contributed by atoms with van der Waals surface area (Å²) < 4.78 is 13.2. The molecule has 0 aliphatic heterocycles. The molecule has 3 heteroatoms. The van der Waals surface area contributed by atoms with Crippen molar-refractivity contribution in [1.82, 2.24) is 0 Å². The molecule has 0 amide bonds. The summed E-state index contributed by atoms with van der Waals surface area (Å²) in [7, 11) is 0. The van der Waals surface area contributed by atoms with Gasteiger partial charge in [0.05, 0.1) is 0 Å². The van der Waals surface area contributed by atoms with Gasteiger partial charge in [-0.15, -0.1) is 0 Å². The average molecular weight is 273 g/mol. The Labute approximate surface area is 119 Å². The van der Waals surface area contributed by atoms with E-state index in [0.717, 1.165) is 11.8 Å². The van der Waals surface area contributed by atoms with Crippen molar-refractivity contribution in [2.24, 2.45) is 0 Å². The summed E-state index contributed by atoms with van der Waals surface area (Å²) in [5, 5.41) is 12.7. The molecule has 20 heavy (non-hydrogen) atoms. The van der Waals surface area contributed by atoms with Crippen molar-refractivity contribution in [3.63, 3.8) is 0 Å². The fourth-order valence-corrected chi connectivity index (χ4v) is 2.22. The van der Waals surface area contributed by atoms with Crippen LogP contribution in [0.25, 0.3) is 0 Å². The molecule has 0 bridgehead atoms. The number of hydrogen-bond acceptors (Lipinski definition) is 2. The second kappa shape index (κ2) is 5.53. The van der Waals surface area contributed by atoms with Gasteiger partial charge in [-0.25, -0.2) is 4.39 Å². The van der Waals surface area contributed by atoms with Crippen LogP contribution in [-0.2, 0) is 12.0 Å². The lowest BCUT2D eigenvalue weighted by atomic mass is 9.86.